The summed E-state index contributed by atoms with van der Waals surface area (Å²) < 4.78 is 1.27. The van der Waals surface area contributed by atoms with Crippen LogP contribution in [0.15, 0.2) is 54.6 Å². The summed E-state index contributed by atoms with van der Waals surface area (Å²) >= 11 is 0.419. The Morgan fingerprint density at radius 3 is 2.52 bits per heavy atom. The van der Waals surface area contributed by atoms with Crippen molar-refractivity contribution in [3.63, 3.8) is 0 Å². The van der Waals surface area contributed by atoms with Crippen molar-refractivity contribution < 1.29 is 5.11 Å². The van der Waals surface area contributed by atoms with Crippen LogP contribution in [0.3, 0.4) is 0 Å². The first-order valence-electron chi connectivity index (χ1n) is 7.27. The first-order valence-corrected chi connectivity index (χ1v) is 9.34. The van der Waals surface area contributed by atoms with E-state index >= 15 is 0 Å². The molecule has 0 amide bonds. The SMILES string of the molecule is CCCC[Se]c1ccccc1C(O)C#Cc1ccccc1. The average Bonchev–Trinajstić information content (AvgIpc) is 2.54. The summed E-state index contributed by atoms with van der Waals surface area (Å²) in [7, 11) is 0. The van der Waals surface area contributed by atoms with Gasteiger partial charge in [-0.15, -0.1) is 0 Å². The maximum absolute atomic E-state index is 10.4. The number of aliphatic hydroxyl groups is 1. The zero-order chi connectivity index (χ0) is 14.9. The molecule has 21 heavy (non-hydrogen) atoms. The van der Waals surface area contributed by atoms with Crippen LogP contribution in [0.5, 0.6) is 0 Å². The van der Waals surface area contributed by atoms with E-state index in [9.17, 15) is 5.11 Å². The van der Waals surface area contributed by atoms with Crippen molar-refractivity contribution in [2.45, 2.75) is 31.2 Å². The summed E-state index contributed by atoms with van der Waals surface area (Å²) in [5.41, 5.74) is 1.91. The number of unbranched alkanes of at least 4 members (excludes halogenated alkanes) is 1. The van der Waals surface area contributed by atoms with E-state index in [0.717, 1.165) is 11.1 Å². The normalized spacial score (nSPS) is 11.5. The Balaban J connectivity index is 2.12. The van der Waals surface area contributed by atoms with Gasteiger partial charge in [0.15, 0.2) is 0 Å². The summed E-state index contributed by atoms with van der Waals surface area (Å²) in [5.74, 6) is 6.01. The van der Waals surface area contributed by atoms with Crippen LogP contribution in [0.4, 0.5) is 0 Å². The van der Waals surface area contributed by atoms with E-state index in [0.29, 0.717) is 15.0 Å². The van der Waals surface area contributed by atoms with Crippen LogP contribution in [0.2, 0.25) is 5.32 Å². The molecule has 0 heterocycles. The molecule has 0 bridgehead atoms. The minimum absolute atomic E-state index is 0.419. The van der Waals surface area contributed by atoms with Gasteiger partial charge in [-0.05, 0) is 0 Å². The van der Waals surface area contributed by atoms with Crippen LogP contribution < -0.4 is 4.46 Å². The molecule has 1 unspecified atom stereocenters. The van der Waals surface area contributed by atoms with Crippen LogP contribution in [0, 0.1) is 11.8 Å². The second-order valence-electron chi connectivity index (χ2n) is 4.78. The van der Waals surface area contributed by atoms with Crippen LogP contribution in [0.1, 0.15) is 37.0 Å². The molecule has 0 saturated heterocycles. The van der Waals surface area contributed by atoms with Crippen molar-refractivity contribution >= 4 is 19.4 Å². The van der Waals surface area contributed by atoms with Crippen LogP contribution >= 0.6 is 0 Å². The van der Waals surface area contributed by atoms with Gasteiger partial charge in [-0.25, -0.2) is 0 Å². The van der Waals surface area contributed by atoms with Gasteiger partial charge in [0.1, 0.15) is 0 Å². The Labute approximate surface area is 133 Å². The Bertz CT molecular complexity index is 610. The minimum atomic E-state index is -0.704. The Morgan fingerprint density at radius 1 is 1.05 bits per heavy atom. The maximum atomic E-state index is 10.4. The zero-order valence-corrected chi connectivity index (χ0v) is 14.0. The Kier molecular flexibility index (Phi) is 6.57. The molecular formula is C19H20OSe. The molecule has 2 aromatic rings. The molecule has 0 saturated carbocycles. The molecule has 0 aliphatic carbocycles. The van der Waals surface area contributed by atoms with Gasteiger partial charge >= 0.3 is 133 Å². The summed E-state index contributed by atoms with van der Waals surface area (Å²) in [6.07, 6.45) is 1.77. The molecule has 0 fully saturated rings. The molecule has 2 rings (SSSR count). The summed E-state index contributed by atoms with van der Waals surface area (Å²) in [6, 6.07) is 17.9. The number of hydrogen-bond acceptors (Lipinski definition) is 1. The van der Waals surface area contributed by atoms with Crippen molar-refractivity contribution in [1.29, 1.82) is 0 Å². The molecule has 1 nitrogen and oxygen atoms in total. The van der Waals surface area contributed by atoms with E-state index in [1.165, 1.54) is 22.6 Å². The quantitative estimate of drug-likeness (QED) is 0.502. The topological polar surface area (TPSA) is 20.2 Å². The molecule has 0 radical (unpaired) electrons. The molecule has 0 aliphatic rings. The monoisotopic (exact) mass is 344 g/mol. The van der Waals surface area contributed by atoms with Gasteiger partial charge in [-0.2, -0.15) is 0 Å². The third-order valence-electron chi connectivity index (χ3n) is 3.10. The van der Waals surface area contributed by atoms with Crippen molar-refractivity contribution in [1.82, 2.24) is 0 Å². The predicted molar refractivity (Wildman–Crippen MR) is 89.8 cm³/mol. The molecule has 1 N–H and O–H groups in total. The van der Waals surface area contributed by atoms with Crippen molar-refractivity contribution in [2.24, 2.45) is 0 Å². The van der Waals surface area contributed by atoms with E-state index in [4.69, 9.17) is 0 Å². The van der Waals surface area contributed by atoms with E-state index in [1.54, 1.807) is 0 Å². The number of aliphatic hydroxyl groups excluding tert-OH is 1. The summed E-state index contributed by atoms with van der Waals surface area (Å²) in [4.78, 5) is 0. The summed E-state index contributed by atoms with van der Waals surface area (Å²) in [5, 5.41) is 11.6. The van der Waals surface area contributed by atoms with Gasteiger partial charge < -0.3 is 0 Å². The fourth-order valence-corrected chi connectivity index (χ4v) is 4.38. The van der Waals surface area contributed by atoms with Crippen molar-refractivity contribution in [3.05, 3.63) is 65.7 Å². The van der Waals surface area contributed by atoms with Crippen LogP contribution in [-0.2, 0) is 0 Å². The van der Waals surface area contributed by atoms with Gasteiger partial charge in [-0.3, -0.25) is 0 Å². The molecule has 1 atom stereocenters. The van der Waals surface area contributed by atoms with E-state index in [-0.39, 0.29) is 0 Å². The number of hydrogen-bond donors (Lipinski definition) is 1. The standard InChI is InChI=1S/C19H20OSe/c1-2-3-15-21-19-12-8-7-11-17(19)18(20)14-13-16-9-5-4-6-10-16/h4-12,18,20H,2-3,15H2,1H3. The van der Waals surface area contributed by atoms with E-state index < -0.39 is 6.10 Å². The van der Waals surface area contributed by atoms with Gasteiger partial charge in [0, 0.05) is 0 Å². The first-order chi connectivity index (χ1) is 10.3. The molecule has 0 spiro atoms. The third kappa shape index (κ3) is 5.06. The average molecular weight is 343 g/mol. The second kappa shape index (κ2) is 8.70. The second-order valence-corrected chi connectivity index (χ2v) is 7.16. The fraction of sp³-hybridized carbons (Fsp3) is 0.263. The molecular weight excluding hydrogens is 323 g/mol. The van der Waals surface area contributed by atoms with Crippen LogP contribution in [-0.4, -0.2) is 20.1 Å². The van der Waals surface area contributed by atoms with Gasteiger partial charge in [-0.1, -0.05) is 0 Å². The fourth-order valence-electron chi connectivity index (χ4n) is 1.92. The van der Waals surface area contributed by atoms with Crippen molar-refractivity contribution in [3.8, 4) is 11.8 Å². The molecule has 108 valence electrons. The van der Waals surface area contributed by atoms with E-state index in [2.05, 4.69) is 24.8 Å². The Hall–Kier alpha value is -1.52. The van der Waals surface area contributed by atoms with Crippen molar-refractivity contribution in [2.75, 3.05) is 0 Å². The Morgan fingerprint density at radius 2 is 1.76 bits per heavy atom. The van der Waals surface area contributed by atoms with Gasteiger partial charge in [0.05, 0.1) is 0 Å². The number of benzene rings is 2. The van der Waals surface area contributed by atoms with Gasteiger partial charge in [0.2, 0.25) is 0 Å². The molecule has 0 aliphatic heterocycles. The number of rotatable bonds is 5. The van der Waals surface area contributed by atoms with Gasteiger partial charge in [0.25, 0.3) is 0 Å². The molecule has 0 aromatic heterocycles. The molecule has 2 heteroatoms. The van der Waals surface area contributed by atoms with E-state index in [1.807, 2.05) is 48.5 Å². The summed E-state index contributed by atoms with van der Waals surface area (Å²) in [6.45, 7) is 2.21. The van der Waals surface area contributed by atoms with Crippen LogP contribution in [0.25, 0.3) is 0 Å². The zero-order valence-electron chi connectivity index (χ0n) is 12.3. The predicted octanol–water partition coefficient (Wildman–Crippen LogP) is 3.32. The third-order valence-corrected chi connectivity index (χ3v) is 5.56. The molecule has 2 aromatic carbocycles. The first kappa shape index (κ1) is 15.9.